The molecule has 1 aromatic rings. The summed E-state index contributed by atoms with van der Waals surface area (Å²) in [4.78, 5) is 17.1. The molecule has 0 radical (unpaired) electrons. The van der Waals surface area contributed by atoms with E-state index in [0.29, 0.717) is 24.1 Å². The highest BCUT2D eigenvalue weighted by Gasteiger charge is 2.30. The summed E-state index contributed by atoms with van der Waals surface area (Å²) in [6.07, 6.45) is 4.16. The molecule has 0 aromatic heterocycles. The number of likely N-dealkylation sites (tertiary alicyclic amines) is 1. The Bertz CT molecular complexity index is 652. The molecule has 27 heavy (non-hydrogen) atoms. The first-order chi connectivity index (χ1) is 12.9. The van der Waals surface area contributed by atoms with Crippen molar-refractivity contribution in [2.24, 2.45) is 11.8 Å². The van der Waals surface area contributed by atoms with Gasteiger partial charge < -0.3 is 10.2 Å². The first-order valence-electron chi connectivity index (χ1n) is 10.2. The van der Waals surface area contributed by atoms with E-state index in [2.05, 4.69) is 29.0 Å². The third kappa shape index (κ3) is 5.18. The van der Waals surface area contributed by atoms with Crippen LogP contribution in [-0.2, 0) is 4.79 Å². The number of nitrogens with zero attached hydrogens (tertiary/aromatic N) is 2. The quantitative estimate of drug-likeness (QED) is 0.823. The molecule has 1 amide bonds. The van der Waals surface area contributed by atoms with Crippen LogP contribution in [0.4, 0.5) is 14.5 Å². The number of piperidine rings is 1. The van der Waals surface area contributed by atoms with Gasteiger partial charge in [-0.3, -0.25) is 9.69 Å². The third-order valence-corrected chi connectivity index (χ3v) is 5.64. The normalized spacial score (nSPS) is 23.8. The predicted molar refractivity (Wildman–Crippen MR) is 104 cm³/mol. The number of halogens is 2. The van der Waals surface area contributed by atoms with E-state index < -0.39 is 11.6 Å². The van der Waals surface area contributed by atoms with E-state index in [1.165, 1.54) is 18.6 Å². The van der Waals surface area contributed by atoms with Crippen LogP contribution in [0.1, 0.15) is 39.5 Å². The molecule has 1 aromatic carbocycles. The highest BCUT2D eigenvalue weighted by atomic mass is 19.2. The minimum absolute atomic E-state index is 0.00940. The molecule has 2 atom stereocenters. The number of anilines is 1. The van der Waals surface area contributed by atoms with Crippen LogP contribution in [0.25, 0.3) is 0 Å². The van der Waals surface area contributed by atoms with E-state index in [-0.39, 0.29) is 11.9 Å². The Morgan fingerprint density at radius 3 is 2.74 bits per heavy atom. The van der Waals surface area contributed by atoms with E-state index in [1.807, 2.05) is 0 Å². The highest BCUT2D eigenvalue weighted by molar-refractivity contribution is 5.81. The Morgan fingerprint density at radius 2 is 2.00 bits per heavy atom. The standard InChI is InChI=1S/C21H31F2N3O/c1-15(2)13-26-9-4-3-5-20(26)21(27)24-12-16-8-10-25(14-16)17-6-7-18(22)19(23)11-17/h6-7,11,15-16,20H,3-5,8-10,12-14H2,1-2H3,(H,24,27)/t16-,20-/m0/s1. The van der Waals surface area contributed by atoms with Crippen LogP contribution in [0.3, 0.4) is 0 Å². The summed E-state index contributed by atoms with van der Waals surface area (Å²) in [6, 6.07) is 4.03. The minimum Gasteiger partial charge on any atom is -0.371 e. The number of amides is 1. The maximum Gasteiger partial charge on any atom is 0.237 e. The van der Waals surface area contributed by atoms with Gasteiger partial charge in [0.25, 0.3) is 0 Å². The molecule has 3 rings (SSSR count). The van der Waals surface area contributed by atoms with Crippen LogP contribution in [0, 0.1) is 23.5 Å². The summed E-state index contributed by atoms with van der Waals surface area (Å²) in [5.41, 5.74) is 0.707. The van der Waals surface area contributed by atoms with Crippen molar-refractivity contribution in [2.45, 2.75) is 45.6 Å². The van der Waals surface area contributed by atoms with Crippen molar-refractivity contribution in [1.82, 2.24) is 10.2 Å². The van der Waals surface area contributed by atoms with Crippen LogP contribution in [0.2, 0.25) is 0 Å². The van der Waals surface area contributed by atoms with Gasteiger partial charge in [0.1, 0.15) is 0 Å². The van der Waals surface area contributed by atoms with Crippen LogP contribution in [-0.4, -0.2) is 49.6 Å². The number of hydrogen-bond acceptors (Lipinski definition) is 3. The van der Waals surface area contributed by atoms with Crippen molar-refractivity contribution in [3.05, 3.63) is 29.8 Å². The molecule has 2 saturated heterocycles. The van der Waals surface area contributed by atoms with E-state index >= 15 is 0 Å². The van der Waals surface area contributed by atoms with Crippen molar-refractivity contribution in [2.75, 3.05) is 37.6 Å². The number of hydrogen-bond donors (Lipinski definition) is 1. The van der Waals surface area contributed by atoms with E-state index in [4.69, 9.17) is 0 Å². The predicted octanol–water partition coefficient (Wildman–Crippen LogP) is 3.42. The molecule has 2 aliphatic rings. The number of rotatable bonds is 6. The summed E-state index contributed by atoms with van der Waals surface area (Å²) < 4.78 is 26.6. The maximum absolute atomic E-state index is 13.5. The van der Waals surface area contributed by atoms with E-state index in [1.54, 1.807) is 6.07 Å². The zero-order chi connectivity index (χ0) is 19.4. The maximum atomic E-state index is 13.5. The average molecular weight is 379 g/mol. The zero-order valence-electron chi connectivity index (χ0n) is 16.4. The Morgan fingerprint density at radius 1 is 1.19 bits per heavy atom. The fourth-order valence-electron chi connectivity index (χ4n) is 4.25. The molecule has 6 heteroatoms. The number of carbonyl (C=O) groups excluding carboxylic acids is 1. The molecule has 150 valence electrons. The Hall–Kier alpha value is -1.69. The van der Waals surface area contributed by atoms with Gasteiger partial charge in [0.05, 0.1) is 6.04 Å². The SMILES string of the molecule is CC(C)CN1CCCC[C@H]1C(=O)NC[C@@H]1CCN(c2ccc(F)c(F)c2)C1. The minimum atomic E-state index is -0.819. The summed E-state index contributed by atoms with van der Waals surface area (Å²) >= 11 is 0. The van der Waals surface area contributed by atoms with Gasteiger partial charge in [-0.15, -0.1) is 0 Å². The smallest absolute Gasteiger partial charge is 0.237 e. The fourth-order valence-corrected chi connectivity index (χ4v) is 4.25. The monoisotopic (exact) mass is 379 g/mol. The van der Waals surface area contributed by atoms with Crippen LogP contribution in [0.5, 0.6) is 0 Å². The highest BCUT2D eigenvalue weighted by Crippen LogP contribution is 2.25. The molecule has 0 bridgehead atoms. The largest absolute Gasteiger partial charge is 0.371 e. The lowest BCUT2D eigenvalue weighted by atomic mass is 9.99. The van der Waals surface area contributed by atoms with Gasteiger partial charge in [-0.05, 0) is 49.8 Å². The molecule has 4 nitrogen and oxygen atoms in total. The summed E-state index contributed by atoms with van der Waals surface area (Å²) in [6.45, 7) is 8.55. The Labute approximate surface area is 160 Å². The van der Waals surface area contributed by atoms with Crippen molar-refractivity contribution in [1.29, 1.82) is 0 Å². The molecule has 0 saturated carbocycles. The molecule has 2 fully saturated rings. The number of carbonyl (C=O) groups is 1. The second-order valence-corrected chi connectivity index (χ2v) is 8.34. The average Bonchev–Trinajstić information content (AvgIpc) is 3.11. The van der Waals surface area contributed by atoms with Crippen LogP contribution >= 0.6 is 0 Å². The van der Waals surface area contributed by atoms with E-state index in [9.17, 15) is 13.6 Å². The van der Waals surface area contributed by atoms with Gasteiger partial charge in [0.15, 0.2) is 11.6 Å². The summed E-state index contributed by atoms with van der Waals surface area (Å²) in [5, 5.41) is 3.15. The third-order valence-electron chi connectivity index (χ3n) is 5.64. The first kappa shape index (κ1) is 20.1. The van der Waals surface area contributed by atoms with Crippen LogP contribution in [0.15, 0.2) is 18.2 Å². The van der Waals surface area contributed by atoms with Gasteiger partial charge in [-0.25, -0.2) is 8.78 Å². The first-order valence-corrected chi connectivity index (χ1v) is 10.2. The molecule has 1 N–H and O–H groups in total. The van der Waals surface area contributed by atoms with Crippen LogP contribution < -0.4 is 10.2 Å². The summed E-state index contributed by atoms with van der Waals surface area (Å²) in [7, 11) is 0. The van der Waals surface area contributed by atoms with Crippen molar-refractivity contribution < 1.29 is 13.6 Å². The van der Waals surface area contributed by atoms with Gasteiger partial charge >= 0.3 is 0 Å². The fraction of sp³-hybridized carbons (Fsp3) is 0.667. The van der Waals surface area contributed by atoms with Gasteiger partial charge in [-0.1, -0.05) is 20.3 Å². The van der Waals surface area contributed by atoms with Crippen molar-refractivity contribution in [3.63, 3.8) is 0 Å². The van der Waals surface area contributed by atoms with Crippen molar-refractivity contribution >= 4 is 11.6 Å². The lowest BCUT2D eigenvalue weighted by Gasteiger charge is -2.35. The van der Waals surface area contributed by atoms with E-state index in [0.717, 1.165) is 45.4 Å². The second kappa shape index (κ2) is 9.00. The number of benzene rings is 1. The van der Waals surface area contributed by atoms with Crippen molar-refractivity contribution in [3.8, 4) is 0 Å². The lowest BCUT2D eigenvalue weighted by Crippen LogP contribution is -2.51. The lowest BCUT2D eigenvalue weighted by molar-refractivity contribution is -0.128. The molecular formula is C21H31F2N3O. The van der Waals surface area contributed by atoms with Gasteiger partial charge in [0, 0.05) is 37.9 Å². The molecule has 2 aliphatic heterocycles. The van der Waals surface area contributed by atoms with Gasteiger partial charge in [0.2, 0.25) is 5.91 Å². The topological polar surface area (TPSA) is 35.6 Å². The molecule has 0 spiro atoms. The molecule has 0 unspecified atom stereocenters. The Kier molecular flexibility index (Phi) is 6.68. The van der Waals surface area contributed by atoms with Gasteiger partial charge in [-0.2, -0.15) is 0 Å². The zero-order valence-corrected chi connectivity index (χ0v) is 16.4. The Balaban J connectivity index is 1.49. The summed E-state index contributed by atoms with van der Waals surface area (Å²) in [5.74, 6) is -0.601. The molecule has 0 aliphatic carbocycles. The molecular weight excluding hydrogens is 348 g/mol. The second-order valence-electron chi connectivity index (χ2n) is 8.34. The number of nitrogens with one attached hydrogen (secondary N) is 1. The molecule has 2 heterocycles.